The molecule has 3 amide bonds. The Bertz CT molecular complexity index is 688. The number of rotatable bonds is 3. The number of nitrogens with one attached hydrogen (secondary N) is 2. The van der Waals surface area contributed by atoms with Gasteiger partial charge in [0.05, 0.1) is 0 Å². The van der Waals surface area contributed by atoms with E-state index in [1.807, 2.05) is 34.1 Å². The van der Waals surface area contributed by atoms with Gasteiger partial charge in [0.25, 0.3) is 5.91 Å². The molecule has 0 saturated carbocycles. The summed E-state index contributed by atoms with van der Waals surface area (Å²) in [6.07, 6.45) is 8.04. The average Bonchev–Trinajstić information content (AvgIpc) is 3.29. The molecule has 1 aromatic carbocycles. The van der Waals surface area contributed by atoms with Crippen LogP contribution in [0.25, 0.3) is 0 Å². The second-order valence-corrected chi connectivity index (χ2v) is 8.39. The van der Waals surface area contributed by atoms with Crippen LogP contribution in [0.4, 0.5) is 10.5 Å². The summed E-state index contributed by atoms with van der Waals surface area (Å²) in [5.41, 5.74) is 1.36. The third kappa shape index (κ3) is 4.49. The Labute approximate surface area is 167 Å². The highest BCUT2D eigenvalue weighted by Crippen LogP contribution is 2.26. The number of nitrogens with zero attached hydrogens (tertiary/aromatic N) is 2. The fraction of sp³-hybridized carbons (Fsp3) is 0.636. The molecular weight excluding hydrogens is 352 g/mol. The highest BCUT2D eigenvalue weighted by Gasteiger charge is 2.30. The molecule has 6 heteroatoms. The van der Waals surface area contributed by atoms with Crippen LogP contribution in [0.3, 0.4) is 0 Å². The summed E-state index contributed by atoms with van der Waals surface area (Å²) in [7, 11) is 0. The molecule has 3 aliphatic rings. The van der Waals surface area contributed by atoms with Crippen LogP contribution in [0.5, 0.6) is 0 Å². The average molecular weight is 385 g/mol. The van der Waals surface area contributed by atoms with E-state index >= 15 is 0 Å². The lowest BCUT2D eigenvalue weighted by atomic mass is 9.89. The zero-order valence-electron chi connectivity index (χ0n) is 16.7. The van der Waals surface area contributed by atoms with E-state index in [9.17, 15) is 9.59 Å². The van der Waals surface area contributed by atoms with Crippen molar-refractivity contribution >= 4 is 17.6 Å². The quantitative estimate of drug-likeness (QED) is 0.840. The molecule has 1 unspecified atom stereocenters. The van der Waals surface area contributed by atoms with E-state index in [2.05, 4.69) is 10.6 Å². The maximum absolute atomic E-state index is 12.7. The van der Waals surface area contributed by atoms with Crippen LogP contribution in [0.2, 0.25) is 0 Å². The van der Waals surface area contributed by atoms with Crippen LogP contribution in [-0.2, 0) is 0 Å². The fourth-order valence-corrected chi connectivity index (χ4v) is 4.83. The minimum atomic E-state index is -0.0552. The van der Waals surface area contributed by atoms with Crippen molar-refractivity contribution < 1.29 is 9.59 Å². The Morgan fingerprint density at radius 2 is 1.71 bits per heavy atom. The molecular formula is C22H32N4O2. The molecule has 3 heterocycles. The monoisotopic (exact) mass is 384 g/mol. The van der Waals surface area contributed by atoms with E-state index in [-0.39, 0.29) is 11.9 Å². The summed E-state index contributed by atoms with van der Waals surface area (Å²) in [6.45, 7) is 4.42. The van der Waals surface area contributed by atoms with Crippen LogP contribution >= 0.6 is 0 Å². The maximum atomic E-state index is 12.7. The molecule has 4 rings (SSSR count). The van der Waals surface area contributed by atoms with Crippen molar-refractivity contribution in [2.45, 2.75) is 51.0 Å². The van der Waals surface area contributed by atoms with Crippen LogP contribution in [-0.4, -0.2) is 60.5 Å². The van der Waals surface area contributed by atoms with Crippen molar-refractivity contribution in [3.63, 3.8) is 0 Å². The molecule has 152 valence electrons. The lowest BCUT2D eigenvalue weighted by Gasteiger charge is -2.34. The van der Waals surface area contributed by atoms with Crippen LogP contribution in [0, 0.1) is 5.92 Å². The molecule has 0 radical (unpaired) electrons. The maximum Gasteiger partial charge on any atom is 0.321 e. The molecule has 2 N–H and O–H groups in total. The van der Waals surface area contributed by atoms with Crippen molar-refractivity contribution in [3.05, 3.63) is 29.8 Å². The van der Waals surface area contributed by atoms with E-state index in [0.717, 1.165) is 58.4 Å². The topological polar surface area (TPSA) is 64.7 Å². The standard InChI is InChI=1S/C22H32N4O2/c27-21(25-12-2-1-3-13-25)18-6-4-7-19(16-18)24-22(28)26-14-9-17(10-15-26)20-8-5-11-23-20/h4,6-7,16-17,20,23H,1-3,5,8-15H2,(H,24,28). The number of hydrogen-bond donors (Lipinski definition) is 2. The molecule has 1 atom stereocenters. The van der Waals surface area contributed by atoms with E-state index in [0.29, 0.717) is 23.2 Å². The first kappa shape index (κ1) is 19.2. The molecule has 0 bridgehead atoms. The molecule has 1 aromatic rings. The van der Waals surface area contributed by atoms with E-state index in [1.54, 1.807) is 0 Å². The van der Waals surface area contributed by atoms with E-state index in [1.165, 1.54) is 19.3 Å². The Kier molecular flexibility index (Phi) is 6.15. The van der Waals surface area contributed by atoms with Gasteiger partial charge in [-0.25, -0.2) is 4.79 Å². The zero-order chi connectivity index (χ0) is 19.3. The lowest BCUT2D eigenvalue weighted by molar-refractivity contribution is 0.0724. The molecule has 3 fully saturated rings. The van der Waals surface area contributed by atoms with Gasteiger partial charge >= 0.3 is 6.03 Å². The van der Waals surface area contributed by atoms with Crippen molar-refractivity contribution in [2.24, 2.45) is 5.92 Å². The number of likely N-dealkylation sites (tertiary alicyclic amines) is 2. The van der Waals surface area contributed by atoms with Crippen molar-refractivity contribution in [1.82, 2.24) is 15.1 Å². The highest BCUT2D eigenvalue weighted by atomic mass is 16.2. The van der Waals surface area contributed by atoms with Crippen molar-refractivity contribution in [2.75, 3.05) is 38.0 Å². The SMILES string of the molecule is O=C(Nc1cccc(C(=O)N2CCCCC2)c1)N1CCC(C2CCCN2)CC1. The number of piperidine rings is 2. The third-order valence-electron chi connectivity index (χ3n) is 6.50. The number of anilines is 1. The van der Waals surface area contributed by atoms with Gasteiger partial charge in [-0.1, -0.05) is 6.07 Å². The largest absolute Gasteiger partial charge is 0.339 e. The van der Waals surface area contributed by atoms with Gasteiger partial charge in [-0.05, 0) is 75.6 Å². The number of carbonyl (C=O) groups is 2. The van der Waals surface area contributed by atoms with Crippen molar-refractivity contribution in [1.29, 1.82) is 0 Å². The fourth-order valence-electron chi connectivity index (χ4n) is 4.83. The van der Waals surface area contributed by atoms with Gasteiger partial charge in [0.15, 0.2) is 0 Å². The zero-order valence-corrected chi connectivity index (χ0v) is 16.7. The normalized spacial score (nSPS) is 23.6. The molecule has 3 saturated heterocycles. The van der Waals surface area contributed by atoms with Gasteiger partial charge in [-0.15, -0.1) is 0 Å². The van der Waals surface area contributed by atoms with Crippen molar-refractivity contribution in [3.8, 4) is 0 Å². The number of carbonyl (C=O) groups excluding carboxylic acids is 2. The molecule has 0 aromatic heterocycles. The lowest BCUT2D eigenvalue weighted by Crippen LogP contribution is -2.44. The summed E-state index contributed by atoms with van der Waals surface area (Å²) >= 11 is 0. The van der Waals surface area contributed by atoms with Gasteiger partial charge in [0, 0.05) is 43.5 Å². The van der Waals surface area contributed by atoms with Gasteiger partial charge in [-0.3, -0.25) is 4.79 Å². The van der Waals surface area contributed by atoms with E-state index in [4.69, 9.17) is 0 Å². The van der Waals surface area contributed by atoms with Crippen LogP contribution in [0.1, 0.15) is 55.3 Å². The summed E-state index contributed by atoms with van der Waals surface area (Å²) in [6, 6.07) is 7.95. The summed E-state index contributed by atoms with van der Waals surface area (Å²) < 4.78 is 0. The Morgan fingerprint density at radius 3 is 2.43 bits per heavy atom. The van der Waals surface area contributed by atoms with Gasteiger partial charge < -0.3 is 20.4 Å². The van der Waals surface area contributed by atoms with Gasteiger partial charge in [0.1, 0.15) is 0 Å². The highest BCUT2D eigenvalue weighted by molar-refractivity contribution is 5.97. The Morgan fingerprint density at radius 1 is 0.929 bits per heavy atom. The smallest absolute Gasteiger partial charge is 0.321 e. The van der Waals surface area contributed by atoms with Gasteiger partial charge in [0.2, 0.25) is 0 Å². The number of hydrogen-bond acceptors (Lipinski definition) is 3. The third-order valence-corrected chi connectivity index (χ3v) is 6.50. The summed E-state index contributed by atoms with van der Waals surface area (Å²) in [5.74, 6) is 0.762. The molecule has 28 heavy (non-hydrogen) atoms. The minimum Gasteiger partial charge on any atom is -0.339 e. The van der Waals surface area contributed by atoms with Crippen LogP contribution in [0.15, 0.2) is 24.3 Å². The number of amides is 3. The second-order valence-electron chi connectivity index (χ2n) is 8.39. The molecule has 0 aliphatic carbocycles. The van der Waals surface area contributed by atoms with Crippen LogP contribution < -0.4 is 10.6 Å². The first-order valence-corrected chi connectivity index (χ1v) is 10.9. The van der Waals surface area contributed by atoms with E-state index < -0.39 is 0 Å². The first-order chi connectivity index (χ1) is 13.7. The number of urea groups is 1. The summed E-state index contributed by atoms with van der Waals surface area (Å²) in [4.78, 5) is 29.2. The predicted octanol–water partition coefficient (Wildman–Crippen LogP) is 3.31. The Hall–Kier alpha value is -2.08. The second kappa shape index (κ2) is 8.95. The molecule has 3 aliphatic heterocycles. The molecule has 6 nitrogen and oxygen atoms in total. The molecule has 0 spiro atoms. The number of benzene rings is 1. The Balaban J connectivity index is 1.31. The first-order valence-electron chi connectivity index (χ1n) is 10.9. The minimum absolute atomic E-state index is 0.0552. The van der Waals surface area contributed by atoms with Gasteiger partial charge in [-0.2, -0.15) is 0 Å². The predicted molar refractivity (Wildman–Crippen MR) is 111 cm³/mol. The summed E-state index contributed by atoms with van der Waals surface area (Å²) in [5, 5.41) is 6.59.